The van der Waals surface area contributed by atoms with Gasteiger partial charge in [-0.15, -0.1) is 0 Å². The van der Waals surface area contributed by atoms with E-state index < -0.39 is 0 Å². The quantitative estimate of drug-likeness (QED) is 0.176. The predicted molar refractivity (Wildman–Crippen MR) is 242 cm³/mol. The lowest BCUT2D eigenvalue weighted by Gasteiger charge is -2.12. The number of hydrogen-bond acceptors (Lipinski definition) is 2. The van der Waals surface area contributed by atoms with Gasteiger partial charge in [-0.25, -0.2) is 9.97 Å². The molecule has 3 aromatic heterocycles. The Morgan fingerprint density at radius 3 is 1.72 bits per heavy atom. The van der Waals surface area contributed by atoms with Crippen molar-refractivity contribution in [3.05, 3.63) is 206 Å². The first kappa shape index (κ1) is 32.4. The van der Waals surface area contributed by atoms with E-state index in [0.717, 1.165) is 55.4 Å². The first-order chi connectivity index (χ1) is 28.8. The molecule has 0 radical (unpaired) electrons. The third kappa shape index (κ3) is 5.02. The lowest BCUT2D eigenvalue weighted by atomic mass is 9.98. The number of para-hydroxylation sites is 3. The number of benzene rings is 9. The molecule has 0 saturated heterocycles. The fourth-order valence-electron chi connectivity index (χ4n) is 9.04. The van der Waals surface area contributed by atoms with E-state index in [1.807, 2.05) is 12.1 Å². The Hall–Kier alpha value is -7.82. The van der Waals surface area contributed by atoms with Crippen LogP contribution in [0.25, 0.3) is 110 Å². The summed E-state index contributed by atoms with van der Waals surface area (Å²) in [5.41, 5.74) is 13.3. The number of fused-ring (bicyclic) bond motifs is 8. The maximum Gasteiger partial charge on any atom is 0.235 e. The topological polar surface area (TPSA) is 35.6 Å². The molecule has 0 aliphatic heterocycles. The standard InChI is InChI=1S/C54H34N4/c1-2-14-37(15-3-1)53-46-20-6-9-22-48(46)55-54(56-53)58-50-24-11-8-19-44(50)47-33-38(28-32-51(47)58)39-27-31-45-43-18-7-10-23-49(43)57(52(45)34-39)40-29-25-36(26-30-40)42-21-12-16-35-13-4-5-17-41(35)42/h1-34H. The van der Waals surface area contributed by atoms with E-state index in [-0.39, 0.29) is 0 Å². The van der Waals surface area contributed by atoms with Crippen molar-refractivity contribution >= 4 is 65.3 Å². The summed E-state index contributed by atoms with van der Waals surface area (Å²) in [6.07, 6.45) is 0. The summed E-state index contributed by atoms with van der Waals surface area (Å²) in [4.78, 5) is 10.4. The Kier molecular flexibility index (Phi) is 7.20. The van der Waals surface area contributed by atoms with E-state index in [4.69, 9.17) is 9.97 Å². The highest BCUT2D eigenvalue weighted by atomic mass is 15.2. The smallest absolute Gasteiger partial charge is 0.235 e. The lowest BCUT2D eigenvalue weighted by Crippen LogP contribution is -2.03. The summed E-state index contributed by atoms with van der Waals surface area (Å²) in [5.74, 6) is 0.661. The monoisotopic (exact) mass is 738 g/mol. The fraction of sp³-hybridized carbons (Fsp3) is 0. The lowest BCUT2D eigenvalue weighted by molar-refractivity contribution is 1.01. The number of nitrogens with zero attached hydrogens (tertiary/aromatic N) is 4. The zero-order valence-corrected chi connectivity index (χ0v) is 31.4. The van der Waals surface area contributed by atoms with Crippen LogP contribution in [0.5, 0.6) is 0 Å². The molecular weight excluding hydrogens is 705 g/mol. The van der Waals surface area contributed by atoms with Crippen molar-refractivity contribution in [2.24, 2.45) is 0 Å². The van der Waals surface area contributed by atoms with Gasteiger partial charge in [-0.2, -0.15) is 0 Å². The zero-order chi connectivity index (χ0) is 38.2. The summed E-state index contributed by atoms with van der Waals surface area (Å²) >= 11 is 0. The average molecular weight is 739 g/mol. The maximum absolute atomic E-state index is 5.27. The van der Waals surface area contributed by atoms with Crippen molar-refractivity contribution in [3.8, 4) is 45.1 Å². The maximum atomic E-state index is 5.27. The van der Waals surface area contributed by atoms with Crippen LogP contribution in [0.2, 0.25) is 0 Å². The third-order valence-corrected chi connectivity index (χ3v) is 11.7. The van der Waals surface area contributed by atoms with Gasteiger partial charge in [0.2, 0.25) is 5.95 Å². The normalized spacial score (nSPS) is 11.8. The minimum absolute atomic E-state index is 0.661. The number of aromatic nitrogens is 4. The van der Waals surface area contributed by atoms with Crippen molar-refractivity contribution in [3.63, 3.8) is 0 Å². The van der Waals surface area contributed by atoms with Gasteiger partial charge in [-0.05, 0) is 81.6 Å². The van der Waals surface area contributed by atoms with Gasteiger partial charge in [-0.1, -0.05) is 158 Å². The van der Waals surface area contributed by atoms with Gasteiger partial charge in [0.25, 0.3) is 0 Å². The van der Waals surface area contributed by atoms with Crippen LogP contribution in [0.4, 0.5) is 0 Å². The highest BCUT2D eigenvalue weighted by Crippen LogP contribution is 2.39. The average Bonchev–Trinajstić information content (AvgIpc) is 3.81. The van der Waals surface area contributed by atoms with Crippen LogP contribution in [0.1, 0.15) is 0 Å². The molecule has 0 N–H and O–H groups in total. The largest absolute Gasteiger partial charge is 0.309 e. The van der Waals surface area contributed by atoms with E-state index >= 15 is 0 Å². The molecule has 12 rings (SSSR count). The summed E-state index contributed by atoms with van der Waals surface area (Å²) in [6.45, 7) is 0. The van der Waals surface area contributed by atoms with E-state index in [1.165, 1.54) is 49.1 Å². The molecule has 12 aromatic rings. The number of rotatable bonds is 5. The van der Waals surface area contributed by atoms with Gasteiger partial charge in [0.1, 0.15) is 0 Å². The van der Waals surface area contributed by atoms with Crippen LogP contribution >= 0.6 is 0 Å². The second-order valence-corrected chi connectivity index (χ2v) is 15.0. The van der Waals surface area contributed by atoms with Gasteiger partial charge < -0.3 is 4.57 Å². The molecule has 3 heterocycles. The molecule has 0 amide bonds. The Morgan fingerprint density at radius 1 is 0.310 bits per heavy atom. The summed E-state index contributed by atoms with van der Waals surface area (Å²) in [5, 5.41) is 8.36. The molecular formula is C54H34N4. The van der Waals surface area contributed by atoms with Gasteiger partial charge >= 0.3 is 0 Å². The van der Waals surface area contributed by atoms with Crippen LogP contribution in [0.15, 0.2) is 206 Å². The van der Waals surface area contributed by atoms with E-state index in [2.05, 4.69) is 203 Å². The van der Waals surface area contributed by atoms with E-state index in [1.54, 1.807) is 0 Å². The molecule has 58 heavy (non-hydrogen) atoms. The summed E-state index contributed by atoms with van der Waals surface area (Å²) < 4.78 is 4.63. The van der Waals surface area contributed by atoms with Crippen molar-refractivity contribution < 1.29 is 0 Å². The van der Waals surface area contributed by atoms with Gasteiger partial charge in [0.15, 0.2) is 0 Å². The predicted octanol–water partition coefficient (Wildman–Crippen LogP) is 14.0. The molecule has 0 atom stereocenters. The van der Waals surface area contributed by atoms with Gasteiger partial charge in [0, 0.05) is 38.2 Å². The molecule has 4 heteroatoms. The Bertz CT molecular complexity index is 3550. The second-order valence-electron chi connectivity index (χ2n) is 15.0. The summed E-state index contributed by atoms with van der Waals surface area (Å²) in [6, 6.07) is 73.9. The molecule has 0 saturated carbocycles. The van der Waals surface area contributed by atoms with Crippen molar-refractivity contribution in [1.82, 2.24) is 19.1 Å². The van der Waals surface area contributed by atoms with Crippen LogP contribution in [-0.2, 0) is 0 Å². The van der Waals surface area contributed by atoms with Gasteiger partial charge in [0.05, 0.1) is 33.3 Å². The Labute approximate surface area is 334 Å². The van der Waals surface area contributed by atoms with Crippen molar-refractivity contribution in [2.45, 2.75) is 0 Å². The van der Waals surface area contributed by atoms with E-state index in [9.17, 15) is 0 Å². The molecule has 0 spiro atoms. The Morgan fingerprint density at radius 2 is 0.897 bits per heavy atom. The number of hydrogen-bond donors (Lipinski definition) is 0. The molecule has 0 aliphatic rings. The van der Waals surface area contributed by atoms with Crippen LogP contribution < -0.4 is 0 Å². The summed E-state index contributed by atoms with van der Waals surface area (Å²) in [7, 11) is 0. The van der Waals surface area contributed by atoms with E-state index in [0.29, 0.717) is 5.95 Å². The molecule has 270 valence electrons. The van der Waals surface area contributed by atoms with Gasteiger partial charge in [-0.3, -0.25) is 4.57 Å². The SMILES string of the molecule is c1ccc(-c2nc(-n3c4ccccc4c4cc(-c5ccc6c7ccccc7n(-c7ccc(-c8cccc9ccccc89)cc7)c6c5)ccc43)nc3ccccc23)cc1. The highest BCUT2D eigenvalue weighted by molar-refractivity contribution is 6.12. The van der Waals surface area contributed by atoms with Crippen LogP contribution in [0.3, 0.4) is 0 Å². The van der Waals surface area contributed by atoms with Crippen molar-refractivity contribution in [2.75, 3.05) is 0 Å². The molecule has 9 aromatic carbocycles. The third-order valence-electron chi connectivity index (χ3n) is 11.7. The Balaban J connectivity index is 1.01. The zero-order valence-electron chi connectivity index (χ0n) is 31.4. The van der Waals surface area contributed by atoms with Crippen LogP contribution in [-0.4, -0.2) is 19.1 Å². The minimum atomic E-state index is 0.661. The molecule has 0 bridgehead atoms. The molecule has 0 fully saturated rings. The molecule has 0 aliphatic carbocycles. The van der Waals surface area contributed by atoms with Crippen molar-refractivity contribution in [1.29, 1.82) is 0 Å². The first-order valence-electron chi connectivity index (χ1n) is 19.7. The first-order valence-corrected chi connectivity index (χ1v) is 19.7. The minimum Gasteiger partial charge on any atom is -0.309 e. The molecule has 4 nitrogen and oxygen atoms in total. The van der Waals surface area contributed by atoms with Crippen LogP contribution in [0, 0.1) is 0 Å². The molecule has 0 unspecified atom stereocenters. The second kappa shape index (κ2) is 12.9. The fourth-order valence-corrected chi connectivity index (χ4v) is 9.04. The highest BCUT2D eigenvalue weighted by Gasteiger charge is 2.19.